The summed E-state index contributed by atoms with van der Waals surface area (Å²) in [5.41, 5.74) is 1.26. The number of nitrogens with one attached hydrogen (secondary N) is 1. The molecule has 1 N–H and O–H groups in total. The first-order valence-electron chi connectivity index (χ1n) is 5.68. The highest BCUT2D eigenvalue weighted by Gasteiger charge is 2.10. The maximum Gasteiger partial charge on any atom is 0.0928 e. The highest BCUT2D eigenvalue weighted by molar-refractivity contribution is 9.10. The van der Waals surface area contributed by atoms with Gasteiger partial charge in [-0.05, 0) is 24.6 Å². The summed E-state index contributed by atoms with van der Waals surface area (Å²) in [7, 11) is 3.39. The molecule has 0 saturated heterocycles. The third-order valence-corrected chi connectivity index (χ3v) is 3.24. The van der Waals surface area contributed by atoms with Gasteiger partial charge in [0.1, 0.15) is 0 Å². The molecule has 1 rings (SSSR count). The molecule has 2 atom stereocenters. The number of rotatable bonds is 7. The van der Waals surface area contributed by atoms with E-state index in [2.05, 4.69) is 52.4 Å². The summed E-state index contributed by atoms with van der Waals surface area (Å²) in [6.07, 6.45) is 0.0953. The average molecular weight is 302 g/mol. The van der Waals surface area contributed by atoms with Crippen LogP contribution in [0, 0.1) is 0 Å². The van der Waals surface area contributed by atoms with Gasteiger partial charge in [-0.25, -0.2) is 0 Å². The third-order valence-electron chi connectivity index (χ3n) is 2.71. The number of hydrogen-bond donors (Lipinski definition) is 1. The average Bonchev–Trinajstić information content (AvgIpc) is 2.35. The van der Waals surface area contributed by atoms with E-state index in [9.17, 15) is 0 Å². The van der Waals surface area contributed by atoms with Crippen LogP contribution in [0.1, 0.15) is 18.5 Å². The summed E-state index contributed by atoms with van der Waals surface area (Å²) in [4.78, 5) is 0. The summed E-state index contributed by atoms with van der Waals surface area (Å²) < 4.78 is 11.5. The fraction of sp³-hybridized carbons (Fsp3) is 0.538. The van der Waals surface area contributed by atoms with E-state index in [-0.39, 0.29) is 6.10 Å². The molecular formula is C13H20BrNO2. The number of methoxy groups -OCH3 is 2. The molecule has 0 amide bonds. The van der Waals surface area contributed by atoms with Crippen LogP contribution in [-0.2, 0) is 9.47 Å². The molecule has 0 radical (unpaired) electrons. The van der Waals surface area contributed by atoms with E-state index >= 15 is 0 Å². The zero-order valence-electron chi connectivity index (χ0n) is 10.6. The molecule has 96 valence electrons. The van der Waals surface area contributed by atoms with Gasteiger partial charge in [0, 0.05) is 31.3 Å². The maximum atomic E-state index is 5.30. The van der Waals surface area contributed by atoms with Crippen molar-refractivity contribution in [1.29, 1.82) is 0 Å². The normalized spacial score (nSPS) is 14.6. The summed E-state index contributed by atoms with van der Waals surface area (Å²) >= 11 is 3.43. The molecule has 4 heteroatoms. The van der Waals surface area contributed by atoms with Crippen LogP contribution >= 0.6 is 15.9 Å². The Morgan fingerprint density at radius 2 is 1.88 bits per heavy atom. The monoisotopic (exact) mass is 301 g/mol. The van der Waals surface area contributed by atoms with Crippen molar-refractivity contribution in [3.8, 4) is 0 Å². The third kappa shape index (κ3) is 5.17. The summed E-state index contributed by atoms with van der Waals surface area (Å²) in [5, 5.41) is 3.43. The van der Waals surface area contributed by atoms with Crippen molar-refractivity contribution in [1.82, 2.24) is 5.32 Å². The molecule has 1 aromatic carbocycles. The topological polar surface area (TPSA) is 30.5 Å². The lowest BCUT2D eigenvalue weighted by Gasteiger charge is -2.19. The van der Waals surface area contributed by atoms with Gasteiger partial charge in [-0.2, -0.15) is 0 Å². The zero-order valence-corrected chi connectivity index (χ0v) is 12.2. The summed E-state index contributed by atoms with van der Waals surface area (Å²) in [6, 6.07) is 8.63. The van der Waals surface area contributed by atoms with Crippen molar-refractivity contribution in [2.45, 2.75) is 19.1 Å². The van der Waals surface area contributed by atoms with Crippen molar-refractivity contribution in [2.75, 3.05) is 27.4 Å². The Bertz CT molecular complexity index is 316. The Hall–Kier alpha value is -0.420. The molecule has 1 aromatic rings. The first-order chi connectivity index (χ1) is 8.17. The van der Waals surface area contributed by atoms with Gasteiger partial charge in [0.25, 0.3) is 0 Å². The molecule has 17 heavy (non-hydrogen) atoms. The van der Waals surface area contributed by atoms with Gasteiger partial charge in [0.05, 0.1) is 12.7 Å². The van der Waals surface area contributed by atoms with Crippen LogP contribution in [0.3, 0.4) is 0 Å². The first kappa shape index (κ1) is 14.6. The lowest BCUT2D eigenvalue weighted by Crippen LogP contribution is -2.33. The fourth-order valence-corrected chi connectivity index (χ4v) is 1.84. The highest BCUT2D eigenvalue weighted by atomic mass is 79.9. The second kappa shape index (κ2) is 7.82. The van der Waals surface area contributed by atoms with Gasteiger partial charge < -0.3 is 14.8 Å². The summed E-state index contributed by atoms with van der Waals surface area (Å²) in [6.45, 7) is 3.53. The van der Waals surface area contributed by atoms with Crippen LogP contribution in [0.15, 0.2) is 28.7 Å². The lowest BCUT2D eigenvalue weighted by molar-refractivity contribution is 0.0276. The van der Waals surface area contributed by atoms with Gasteiger partial charge in [-0.3, -0.25) is 0 Å². The minimum Gasteiger partial charge on any atom is -0.382 e. The molecule has 0 saturated carbocycles. The van der Waals surface area contributed by atoms with E-state index in [1.807, 2.05) is 0 Å². The first-order valence-corrected chi connectivity index (χ1v) is 6.47. The molecule has 0 fully saturated rings. The molecule has 3 nitrogen and oxygen atoms in total. The van der Waals surface area contributed by atoms with Crippen molar-refractivity contribution >= 4 is 15.9 Å². The number of ether oxygens (including phenoxy) is 2. The van der Waals surface area contributed by atoms with E-state index in [0.717, 1.165) is 11.0 Å². The molecule has 0 aliphatic carbocycles. The number of halogens is 1. The Kier molecular flexibility index (Phi) is 6.73. The lowest BCUT2D eigenvalue weighted by atomic mass is 10.1. The SMILES string of the molecule is COCC(CNC(C)c1ccc(Br)cc1)OC. The van der Waals surface area contributed by atoms with Crippen molar-refractivity contribution < 1.29 is 9.47 Å². The Labute approximate surface area is 112 Å². The van der Waals surface area contributed by atoms with E-state index < -0.39 is 0 Å². The van der Waals surface area contributed by atoms with Crippen molar-refractivity contribution in [2.24, 2.45) is 0 Å². The van der Waals surface area contributed by atoms with Gasteiger partial charge >= 0.3 is 0 Å². The van der Waals surface area contributed by atoms with Crippen molar-refractivity contribution in [3.63, 3.8) is 0 Å². The molecule has 2 unspecified atom stereocenters. The maximum absolute atomic E-state index is 5.30. The number of benzene rings is 1. The smallest absolute Gasteiger partial charge is 0.0928 e. The number of hydrogen-bond acceptors (Lipinski definition) is 3. The predicted molar refractivity (Wildman–Crippen MR) is 73.2 cm³/mol. The Balaban J connectivity index is 2.43. The van der Waals surface area contributed by atoms with Gasteiger partial charge in [-0.1, -0.05) is 28.1 Å². The van der Waals surface area contributed by atoms with Crippen LogP contribution in [0.5, 0.6) is 0 Å². The molecule has 0 aliphatic heterocycles. The van der Waals surface area contributed by atoms with Crippen LogP contribution in [-0.4, -0.2) is 33.5 Å². The second-order valence-corrected chi connectivity index (χ2v) is 4.91. The zero-order chi connectivity index (χ0) is 12.7. The highest BCUT2D eigenvalue weighted by Crippen LogP contribution is 2.16. The molecule has 0 bridgehead atoms. The molecule has 0 heterocycles. The van der Waals surface area contributed by atoms with Crippen LogP contribution in [0.2, 0.25) is 0 Å². The van der Waals surface area contributed by atoms with Crippen LogP contribution < -0.4 is 5.32 Å². The molecular weight excluding hydrogens is 282 g/mol. The Morgan fingerprint density at radius 3 is 2.41 bits per heavy atom. The second-order valence-electron chi connectivity index (χ2n) is 3.99. The van der Waals surface area contributed by atoms with E-state index in [1.54, 1.807) is 14.2 Å². The molecule has 0 aromatic heterocycles. The standard InChI is InChI=1S/C13H20BrNO2/c1-10(11-4-6-12(14)7-5-11)15-8-13(17-3)9-16-2/h4-7,10,13,15H,8-9H2,1-3H3. The largest absolute Gasteiger partial charge is 0.382 e. The minimum absolute atomic E-state index is 0.0953. The summed E-state index contributed by atoms with van der Waals surface area (Å²) in [5.74, 6) is 0. The van der Waals surface area contributed by atoms with Gasteiger partial charge in [-0.15, -0.1) is 0 Å². The fourth-order valence-electron chi connectivity index (χ4n) is 1.57. The quantitative estimate of drug-likeness (QED) is 0.840. The Morgan fingerprint density at radius 1 is 1.24 bits per heavy atom. The van der Waals surface area contributed by atoms with Gasteiger partial charge in [0.15, 0.2) is 0 Å². The van der Waals surface area contributed by atoms with E-state index in [1.165, 1.54) is 5.56 Å². The minimum atomic E-state index is 0.0953. The van der Waals surface area contributed by atoms with Gasteiger partial charge in [0.2, 0.25) is 0 Å². The predicted octanol–water partition coefficient (Wildman–Crippen LogP) is 2.76. The molecule has 0 spiro atoms. The van der Waals surface area contributed by atoms with E-state index in [4.69, 9.17) is 9.47 Å². The van der Waals surface area contributed by atoms with Crippen LogP contribution in [0.4, 0.5) is 0 Å². The van der Waals surface area contributed by atoms with E-state index in [0.29, 0.717) is 12.6 Å². The van der Waals surface area contributed by atoms with Crippen LogP contribution in [0.25, 0.3) is 0 Å². The van der Waals surface area contributed by atoms with Crippen molar-refractivity contribution in [3.05, 3.63) is 34.3 Å². The molecule has 0 aliphatic rings.